The van der Waals surface area contributed by atoms with E-state index < -0.39 is 0 Å². The Bertz CT molecular complexity index is 543. The molecule has 94 valence electrons. The molecular formula is C14H15FN2O. The first-order valence-electron chi connectivity index (χ1n) is 5.81. The van der Waals surface area contributed by atoms with Gasteiger partial charge in [0, 0.05) is 6.20 Å². The maximum absolute atomic E-state index is 13.1. The quantitative estimate of drug-likeness (QED) is 0.777. The predicted octanol–water partition coefficient (Wildman–Crippen LogP) is 2.69. The van der Waals surface area contributed by atoms with Crippen molar-refractivity contribution < 1.29 is 9.13 Å². The van der Waals surface area contributed by atoms with Crippen LogP contribution < -0.4 is 10.5 Å². The minimum atomic E-state index is -0.221. The highest BCUT2D eigenvalue weighted by Gasteiger charge is 2.15. The average Bonchev–Trinajstić information content (AvgIpc) is 2.60. The van der Waals surface area contributed by atoms with Crippen LogP contribution in [0.4, 0.5) is 4.39 Å². The number of hydrogen-bond acceptors (Lipinski definition) is 3. The van der Waals surface area contributed by atoms with E-state index in [2.05, 4.69) is 10.7 Å². The second-order valence-corrected chi connectivity index (χ2v) is 3.80. The topological polar surface area (TPSA) is 48.1 Å². The molecule has 0 amide bonds. The van der Waals surface area contributed by atoms with Crippen molar-refractivity contribution in [2.45, 2.75) is 12.8 Å². The highest BCUT2D eigenvalue weighted by molar-refractivity contribution is 5.42. The van der Waals surface area contributed by atoms with Gasteiger partial charge in [-0.15, -0.1) is 0 Å². The van der Waals surface area contributed by atoms with E-state index in [1.165, 1.54) is 19.2 Å². The second kappa shape index (κ2) is 5.60. The molecule has 1 aromatic heterocycles. The largest absolute Gasteiger partial charge is 0.455 e. The number of nitrogens with two attached hydrogens (primary N) is 1. The fraction of sp³-hybridized carbons (Fsp3) is 0.214. The maximum Gasteiger partial charge on any atom is 0.148 e. The number of nitrogens with zero attached hydrogens (tertiary/aromatic N) is 1. The molecule has 4 heteroatoms. The summed E-state index contributed by atoms with van der Waals surface area (Å²) in [6, 6.07) is 8.35. The van der Waals surface area contributed by atoms with Crippen molar-refractivity contribution in [2.24, 2.45) is 5.73 Å². The highest BCUT2D eigenvalue weighted by atomic mass is 19.1. The minimum Gasteiger partial charge on any atom is -0.455 e. The lowest BCUT2D eigenvalue weighted by molar-refractivity contribution is 0.474. The lowest BCUT2D eigenvalue weighted by atomic mass is 10.1. The molecule has 0 bridgehead atoms. The van der Waals surface area contributed by atoms with Crippen LogP contribution in [-0.2, 0) is 12.8 Å². The van der Waals surface area contributed by atoms with Crippen LogP contribution in [0.5, 0.6) is 11.5 Å². The first-order chi connectivity index (χ1) is 8.83. The first kappa shape index (κ1) is 12.5. The third-order valence-corrected chi connectivity index (χ3v) is 2.72. The van der Waals surface area contributed by atoms with Gasteiger partial charge < -0.3 is 10.5 Å². The van der Waals surface area contributed by atoms with E-state index in [0.717, 1.165) is 35.6 Å². The van der Waals surface area contributed by atoms with Crippen LogP contribution in [0.25, 0.3) is 0 Å². The molecule has 18 heavy (non-hydrogen) atoms. The van der Waals surface area contributed by atoms with Gasteiger partial charge in [-0.25, -0.2) is 4.39 Å². The molecule has 0 saturated heterocycles. The Morgan fingerprint density at radius 1 is 1.17 bits per heavy atom. The zero-order valence-corrected chi connectivity index (χ0v) is 10.2. The lowest BCUT2D eigenvalue weighted by Crippen LogP contribution is -1.91. The van der Waals surface area contributed by atoms with Gasteiger partial charge in [0.15, 0.2) is 0 Å². The van der Waals surface area contributed by atoms with Crippen LogP contribution in [0.1, 0.15) is 11.3 Å². The number of rotatable bonds is 0. The van der Waals surface area contributed by atoms with Gasteiger partial charge in [0.05, 0.1) is 5.69 Å². The molecular weight excluding hydrogens is 231 g/mol. The lowest BCUT2D eigenvalue weighted by Gasteiger charge is -2.07. The monoisotopic (exact) mass is 246 g/mol. The van der Waals surface area contributed by atoms with E-state index in [-0.39, 0.29) is 5.82 Å². The van der Waals surface area contributed by atoms with E-state index in [1.54, 1.807) is 12.3 Å². The Morgan fingerprint density at radius 2 is 2.00 bits per heavy atom. The number of aryl methyl sites for hydroxylation is 2. The predicted molar refractivity (Wildman–Crippen MR) is 68.2 cm³/mol. The molecule has 0 aliphatic carbocycles. The number of pyridine rings is 1. The standard InChI is InChI=1S/C13H10FNO.CH5N/c14-10-4-6-12-9(8-10)3-5-11-13(16-12)2-1-7-15-11;1-2/h1-2,4,6-8H,3,5H2;2H2,1H3. The van der Waals surface area contributed by atoms with Crippen LogP contribution in [0.3, 0.4) is 0 Å². The van der Waals surface area contributed by atoms with Crippen molar-refractivity contribution in [3.63, 3.8) is 0 Å². The number of fused-ring (bicyclic) bond motifs is 2. The number of ether oxygens (including phenoxy) is 1. The smallest absolute Gasteiger partial charge is 0.148 e. The van der Waals surface area contributed by atoms with Gasteiger partial charge in [-0.3, -0.25) is 4.98 Å². The van der Waals surface area contributed by atoms with Crippen LogP contribution in [0.2, 0.25) is 0 Å². The Hall–Kier alpha value is -1.94. The van der Waals surface area contributed by atoms with Gasteiger partial charge in [0.25, 0.3) is 0 Å². The second-order valence-electron chi connectivity index (χ2n) is 3.80. The van der Waals surface area contributed by atoms with Gasteiger partial charge in [0.2, 0.25) is 0 Å². The summed E-state index contributed by atoms with van der Waals surface area (Å²) in [6.45, 7) is 0. The Balaban J connectivity index is 0.000000574. The molecule has 2 aromatic rings. The van der Waals surface area contributed by atoms with Gasteiger partial charge >= 0.3 is 0 Å². The molecule has 0 unspecified atom stereocenters. The van der Waals surface area contributed by atoms with E-state index in [4.69, 9.17) is 4.74 Å². The van der Waals surface area contributed by atoms with Crippen molar-refractivity contribution in [2.75, 3.05) is 7.05 Å². The SMILES string of the molecule is CN.Fc1ccc2c(c1)CCc1ncccc1O2. The maximum atomic E-state index is 13.1. The third-order valence-electron chi connectivity index (χ3n) is 2.72. The molecule has 1 aliphatic heterocycles. The Kier molecular flexibility index (Phi) is 3.89. The van der Waals surface area contributed by atoms with Crippen LogP contribution in [0, 0.1) is 5.82 Å². The zero-order chi connectivity index (χ0) is 13.0. The fourth-order valence-electron chi connectivity index (χ4n) is 1.92. The summed E-state index contributed by atoms with van der Waals surface area (Å²) >= 11 is 0. The van der Waals surface area contributed by atoms with Gasteiger partial charge in [0.1, 0.15) is 17.3 Å². The van der Waals surface area contributed by atoms with E-state index in [9.17, 15) is 4.39 Å². The van der Waals surface area contributed by atoms with Crippen LogP contribution >= 0.6 is 0 Å². The van der Waals surface area contributed by atoms with E-state index in [1.807, 2.05) is 12.1 Å². The Labute approximate surface area is 105 Å². The molecule has 0 atom stereocenters. The first-order valence-corrected chi connectivity index (χ1v) is 5.81. The van der Waals surface area contributed by atoms with Crippen molar-refractivity contribution in [3.8, 4) is 11.5 Å². The number of benzene rings is 1. The molecule has 3 nitrogen and oxygen atoms in total. The summed E-state index contributed by atoms with van der Waals surface area (Å²) in [5.74, 6) is 1.28. The molecule has 1 aliphatic rings. The van der Waals surface area contributed by atoms with Gasteiger partial charge in [-0.05, 0) is 55.8 Å². The minimum absolute atomic E-state index is 0.221. The van der Waals surface area contributed by atoms with E-state index >= 15 is 0 Å². The summed E-state index contributed by atoms with van der Waals surface area (Å²) < 4.78 is 18.8. The summed E-state index contributed by atoms with van der Waals surface area (Å²) in [6.07, 6.45) is 3.29. The summed E-state index contributed by atoms with van der Waals surface area (Å²) in [5.41, 5.74) is 6.33. The third kappa shape index (κ3) is 2.49. The summed E-state index contributed by atoms with van der Waals surface area (Å²) in [5, 5.41) is 0. The average molecular weight is 246 g/mol. The molecule has 1 aromatic carbocycles. The summed E-state index contributed by atoms with van der Waals surface area (Å²) in [4.78, 5) is 4.27. The van der Waals surface area contributed by atoms with Crippen molar-refractivity contribution >= 4 is 0 Å². The molecule has 2 heterocycles. The fourth-order valence-corrected chi connectivity index (χ4v) is 1.92. The van der Waals surface area contributed by atoms with Gasteiger partial charge in [-0.2, -0.15) is 0 Å². The van der Waals surface area contributed by atoms with Crippen molar-refractivity contribution in [1.29, 1.82) is 0 Å². The number of hydrogen-bond donors (Lipinski definition) is 1. The number of aromatic nitrogens is 1. The van der Waals surface area contributed by atoms with Crippen molar-refractivity contribution in [3.05, 3.63) is 53.6 Å². The number of halogens is 1. The zero-order valence-electron chi connectivity index (χ0n) is 10.2. The summed E-state index contributed by atoms with van der Waals surface area (Å²) in [7, 11) is 1.50. The van der Waals surface area contributed by atoms with Crippen LogP contribution in [-0.4, -0.2) is 12.0 Å². The normalized spacial score (nSPS) is 12.2. The molecule has 0 spiro atoms. The molecule has 3 rings (SSSR count). The molecule has 0 radical (unpaired) electrons. The molecule has 2 N–H and O–H groups in total. The highest BCUT2D eigenvalue weighted by Crippen LogP contribution is 2.32. The Morgan fingerprint density at radius 3 is 2.83 bits per heavy atom. The van der Waals surface area contributed by atoms with Crippen LogP contribution in [0.15, 0.2) is 36.5 Å². The van der Waals surface area contributed by atoms with Gasteiger partial charge in [-0.1, -0.05) is 0 Å². The van der Waals surface area contributed by atoms with Crippen molar-refractivity contribution in [1.82, 2.24) is 4.98 Å². The molecule has 0 saturated carbocycles. The van der Waals surface area contributed by atoms with E-state index in [0.29, 0.717) is 0 Å². The molecule has 0 fully saturated rings.